The van der Waals surface area contributed by atoms with Crippen molar-refractivity contribution in [3.05, 3.63) is 27.4 Å². The maximum Gasteiger partial charge on any atom is 0.311 e. The molecule has 0 radical (unpaired) electrons. The first-order valence-electron chi connectivity index (χ1n) is 5.01. The van der Waals surface area contributed by atoms with Crippen molar-refractivity contribution in [3.8, 4) is 0 Å². The lowest BCUT2D eigenvalue weighted by Crippen LogP contribution is -2.29. The van der Waals surface area contributed by atoms with Crippen molar-refractivity contribution in [2.45, 2.75) is 26.3 Å². The third kappa shape index (κ3) is 2.61. The third-order valence-electron chi connectivity index (χ3n) is 2.60. The molecule has 0 N–H and O–H groups in total. The quantitative estimate of drug-likeness (QED) is 0.464. The monoisotopic (exact) mass is 243 g/mol. The molecule has 1 atom stereocenters. The number of pyridine rings is 1. The molecule has 0 aliphatic heterocycles. The standard InChI is InChI=1S/C10H14ClN3O2/c1-4-7(2)13(3)10-8(14(15)16)5-6-9(11)12-10/h5-7H,4H2,1-3H3. The van der Waals surface area contributed by atoms with Crippen molar-refractivity contribution in [2.24, 2.45) is 0 Å². The first-order valence-corrected chi connectivity index (χ1v) is 5.39. The van der Waals surface area contributed by atoms with Crippen molar-refractivity contribution < 1.29 is 4.92 Å². The Morgan fingerprint density at radius 2 is 2.25 bits per heavy atom. The molecule has 0 saturated heterocycles. The highest BCUT2D eigenvalue weighted by atomic mass is 35.5. The van der Waals surface area contributed by atoms with Gasteiger partial charge in [-0.15, -0.1) is 0 Å². The highest BCUT2D eigenvalue weighted by Crippen LogP contribution is 2.28. The summed E-state index contributed by atoms with van der Waals surface area (Å²) in [5.41, 5.74) is -0.0211. The van der Waals surface area contributed by atoms with Crippen molar-refractivity contribution in [2.75, 3.05) is 11.9 Å². The van der Waals surface area contributed by atoms with Gasteiger partial charge in [0.25, 0.3) is 0 Å². The van der Waals surface area contributed by atoms with E-state index in [9.17, 15) is 10.1 Å². The Morgan fingerprint density at radius 3 is 2.75 bits per heavy atom. The minimum Gasteiger partial charge on any atom is -0.351 e. The van der Waals surface area contributed by atoms with Crippen LogP contribution < -0.4 is 4.90 Å². The second-order valence-corrected chi connectivity index (χ2v) is 3.99. The zero-order valence-corrected chi connectivity index (χ0v) is 10.2. The van der Waals surface area contributed by atoms with Gasteiger partial charge in [-0.25, -0.2) is 4.98 Å². The molecule has 1 heterocycles. The molecule has 0 fully saturated rings. The van der Waals surface area contributed by atoms with Gasteiger partial charge in [-0.3, -0.25) is 10.1 Å². The fourth-order valence-electron chi connectivity index (χ4n) is 1.30. The van der Waals surface area contributed by atoms with Gasteiger partial charge in [0, 0.05) is 19.2 Å². The van der Waals surface area contributed by atoms with E-state index in [0.717, 1.165) is 6.42 Å². The Morgan fingerprint density at radius 1 is 1.62 bits per heavy atom. The van der Waals surface area contributed by atoms with Crippen LogP contribution in [0.25, 0.3) is 0 Å². The molecule has 0 aliphatic carbocycles. The molecule has 1 aromatic heterocycles. The lowest BCUT2D eigenvalue weighted by molar-refractivity contribution is -0.384. The van der Waals surface area contributed by atoms with Crippen LogP contribution in [0.3, 0.4) is 0 Å². The van der Waals surface area contributed by atoms with Crippen LogP contribution in [-0.4, -0.2) is 23.0 Å². The number of nitrogens with zero attached hydrogens (tertiary/aromatic N) is 3. The summed E-state index contributed by atoms with van der Waals surface area (Å²) in [6.07, 6.45) is 0.877. The first kappa shape index (κ1) is 12.7. The number of aromatic nitrogens is 1. The molecule has 0 amide bonds. The van der Waals surface area contributed by atoms with Crippen LogP contribution in [0.2, 0.25) is 5.15 Å². The summed E-state index contributed by atoms with van der Waals surface area (Å²) in [5, 5.41) is 11.1. The molecule has 1 unspecified atom stereocenters. The topological polar surface area (TPSA) is 59.3 Å². The number of rotatable bonds is 4. The highest BCUT2D eigenvalue weighted by molar-refractivity contribution is 6.29. The second-order valence-electron chi connectivity index (χ2n) is 3.60. The Kier molecular flexibility index (Phi) is 4.06. The van der Waals surface area contributed by atoms with Gasteiger partial charge < -0.3 is 4.90 Å². The molecule has 6 heteroatoms. The lowest BCUT2D eigenvalue weighted by atomic mass is 10.2. The van der Waals surface area contributed by atoms with Crippen LogP contribution in [-0.2, 0) is 0 Å². The molecule has 88 valence electrons. The largest absolute Gasteiger partial charge is 0.351 e. The van der Waals surface area contributed by atoms with Gasteiger partial charge in [0.05, 0.1) is 4.92 Å². The number of hydrogen-bond acceptors (Lipinski definition) is 4. The van der Waals surface area contributed by atoms with Gasteiger partial charge in [-0.1, -0.05) is 18.5 Å². The van der Waals surface area contributed by atoms with Crippen molar-refractivity contribution in [1.29, 1.82) is 0 Å². The SMILES string of the molecule is CCC(C)N(C)c1nc(Cl)ccc1[N+](=O)[O-]. The van der Waals surface area contributed by atoms with Gasteiger partial charge in [-0.2, -0.15) is 0 Å². The molecule has 0 aromatic carbocycles. The van der Waals surface area contributed by atoms with Crippen LogP contribution in [0, 0.1) is 10.1 Å². The minimum absolute atomic E-state index is 0.0211. The number of halogens is 1. The van der Waals surface area contributed by atoms with E-state index in [1.165, 1.54) is 12.1 Å². The van der Waals surface area contributed by atoms with E-state index in [2.05, 4.69) is 4.98 Å². The summed E-state index contributed by atoms with van der Waals surface area (Å²) in [6, 6.07) is 2.97. The molecular formula is C10H14ClN3O2. The summed E-state index contributed by atoms with van der Waals surface area (Å²) in [5.74, 6) is 0.312. The highest BCUT2D eigenvalue weighted by Gasteiger charge is 2.21. The van der Waals surface area contributed by atoms with Crippen LogP contribution in [0.1, 0.15) is 20.3 Å². The number of hydrogen-bond donors (Lipinski definition) is 0. The Hall–Kier alpha value is -1.36. The molecule has 0 spiro atoms. The van der Waals surface area contributed by atoms with Crippen LogP contribution in [0.4, 0.5) is 11.5 Å². The van der Waals surface area contributed by atoms with Crippen molar-refractivity contribution in [1.82, 2.24) is 4.98 Å². The second kappa shape index (κ2) is 5.12. The molecule has 5 nitrogen and oxygen atoms in total. The maximum atomic E-state index is 10.8. The number of nitro groups is 1. The van der Waals surface area contributed by atoms with Crippen LogP contribution in [0.5, 0.6) is 0 Å². The molecule has 1 rings (SSSR count). The van der Waals surface area contributed by atoms with E-state index in [-0.39, 0.29) is 16.9 Å². The van der Waals surface area contributed by atoms with Gasteiger partial charge >= 0.3 is 5.69 Å². The third-order valence-corrected chi connectivity index (χ3v) is 2.81. The van der Waals surface area contributed by atoms with Crippen LogP contribution >= 0.6 is 11.6 Å². The minimum atomic E-state index is -0.447. The van der Waals surface area contributed by atoms with Gasteiger partial charge in [-0.05, 0) is 19.4 Å². The predicted molar refractivity (Wildman–Crippen MR) is 64.1 cm³/mol. The summed E-state index contributed by atoms with van der Waals surface area (Å²) >= 11 is 5.75. The van der Waals surface area contributed by atoms with Gasteiger partial charge in [0.15, 0.2) is 0 Å². The molecular weight excluding hydrogens is 230 g/mol. The molecule has 16 heavy (non-hydrogen) atoms. The summed E-state index contributed by atoms with van der Waals surface area (Å²) < 4.78 is 0. The molecule has 0 bridgehead atoms. The van der Waals surface area contributed by atoms with E-state index in [1.807, 2.05) is 13.8 Å². The number of anilines is 1. The van der Waals surface area contributed by atoms with Crippen LogP contribution in [0.15, 0.2) is 12.1 Å². The van der Waals surface area contributed by atoms with Gasteiger partial charge in [0.1, 0.15) is 5.15 Å². The predicted octanol–water partition coefficient (Wildman–Crippen LogP) is 2.88. The Labute approximate surface area is 99.2 Å². The summed E-state index contributed by atoms with van der Waals surface area (Å²) in [7, 11) is 1.78. The zero-order chi connectivity index (χ0) is 12.3. The maximum absolute atomic E-state index is 10.8. The Bertz CT molecular complexity index is 398. The van der Waals surface area contributed by atoms with E-state index in [1.54, 1.807) is 11.9 Å². The van der Waals surface area contributed by atoms with Crippen molar-refractivity contribution in [3.63, 3.8) is 0 Å². The summed E-state index contributed by atoms with van der Waals surface area (Å²) in [4.78, 5) is 16.2. The molecule has 1 aromatic rings. The smallest absolute Gasteiger partial charge is 0.311 e. The van der Waals surface area contributed by atoms with Gasteiger partial charge in [0.2, 0.25) is 5.82 Å². The van der Waals surface area contributed by atoms with E-state index >= 15 is 0 Å². The fraction of sp³-hybridized carbons (Fsp3) is 0.500. The first-order chi connectivity index (χ1) is 7.47. The average Bonchev–Trinajstić information content (AvgIpc) is 2.26. The van der Waals surface area contributed by atoms with E-state index in [0.29, 0.717) is 5.82 Å². The summed E-state index contributed by atoms with van der Waals surface area (Å²) in [6.45, 7) is 3.99. The van der Waals surface area contributed by atoms with Crippen molar-refractivity contribution >= 4 is 23.1 Å². The molecule has 0 aliphatic rings. The molecule has 0 saturated carbocycles. The average molecular weight is 244 g/mol. The fourth-order valence-corrected chi connectivity index (χ4v) is 1.45. The van der Waals surface area contributed by atoms with E-state index < -0.39 is 4.92 Å². The lowest BCUT2D eigenvalue weighted by Gasteiger charge is -2.24. The Balaban J connectivity index is 3.19. The normalized spacial score (nSPS) is 12.2. The van der Waals surface area contributed by atoms with E-state index in [4.69, 9.17) is 11.6 Å². The zero-order valence-electron chi connectivity index (χ0n) is 9.48.